The molecule has 0 radical (unpaired) electrons. The minimum absolute atomic E-state index is 0.0916. The van der Waals surface area contributed by atoms with Crippen molar-refractivity contribution in [3.05, 3.63) is 41.0 Å². The number of halogens is 1. The van der Waals surface area contributed by atoms with E-state index in [2.05, 4.69) is 0 Å². The van der Waals surface area contributed by atoms with Gasteiger partial charge in [0.1, 0.15) is 12.4 Å². The molecular weight excluding hydrogens is 215 g/mol. The van der Waals surface area contributed by atoms with Crippen LogP contribution in [0.5, 0.6) is 0 Å². The maximum Gasteiger partial charge on any atom is 0.147 e. The van der Waals surface area contributed by atoms with Crippen molar-refractivity contribution >= 4 is 10.8 Å². The quantitative estimate of drug-likeness (QED) is 0.740. The van der Waals surface area contributed by atoms with E-state index < -0.39 is 17.5 Å². The van der Waals surface area contributed by atoms with Gasteiger partial charge in [-0.3, -0.25) is 0 Å². The lowest BCUT2D eigenvalue weighted by Gasteiger charge is -2.01. The summed E-state index contributed by atoms with van der Waals surface area (Å²) in [5, 5.41) is 1.28. The van der Waals surface area contributed by atoms with Crippen LogP contribution in [0.4, 0.5) is 4.39 Å². The van der Waals surface area contributed by atoms with Crippen molar-refractivity contribution in [3.8, 4) is 0 Å². The molecule has 0 spiro atoms. The number of hydrogen-bond acceptors (Lipinski definition) is 2. The Kier molecular flexibility index (Phi) is 4.49. The Morgan fingerprint density at radius 3 is 2.53 bits per heavy atom. The fourth-order valence-electron chi connectivity index (χ4n) is 0.994. The molecule has 2 nitrogen and oxygen atoms in total. The number of hydrogen-bond donors (Lipinski definition) is 0. The van der Waals surface area contributed by atoms with Gasteiger partial charge >= 0.3 is 0 Å². The molecule has 0 N–H and O–H groups in total. The molecule has 0 aliphatic rings. The first-order valence-corrected chi connectivity index (χ1v) is 5.66. The third kappa shape index (κ3) is 3.47. The van der Waals surface area contributed by atoms with Crippen molar-refractivity contribution < 1.29 is 13.3 Å². The summed E-state index contributed by atoms with van der Waals surface area (Å²) in [5.74, 6) is 0.0916. The highest BCUT2D eigenvalue weighted by atomic mass is 32.2. The van der Waals surface area contributed by atoms with Gasteiger partial charge in [-0.05, 0) is 19.1 Å². The van der Waals surface area contributed by atoms with E-state index in [0.29, 0.717) is 4.90 Å². The zero-order chi connectivity index (χ0) is 11.3. The average Bonchev–Trinajstić information content (AvgIpc) is 2.26. The topological polar surface area (TPSA) is 26.3 Å². The van der Waals surface area contributed by atoms with E-state index >= 15 is 0 Å². The molecule has 1 aromatic carbocycles. The van der Waals surface area contributed by atoms with Gasteiger partial charge in [-0.1, -0.05) is 17.7 Å². The van der Waals surface area contributed by atoms with Gasteiger partial charge < -0.3 is 4.74 Å². The van der Waals surface area contributed by atoms with Crippen molar-refractivity contribution in [2.75, 3.05) is 13.8 Å². The molecule has 1 atom stereocenters. The third-order valence-corrected chi connectivity index (χ3v) is 3.10. The number of rotatable bonds is 4. The summed E-state index contributed by atoms with van der Waals surface area (Å²) in [6.07, 6.45) is 0. The Labute approximate surface area is 91.2 Å². The van der Waals surface area contributed by atoms with Crippen LogP contribution in [-0.2, 0) is 15.5 Å². The predicted octanol–water partition coefficient (Wildman–Crippen LogP) is 2.56. The molecule has 4 heteroatoms. The van der Waals surface area contributed by atoms with Crippen LogP contribution >= 0.6 is 0 Å². The van der Waals surface area contributed by atoms with Gasteiger partial charge in [0.05, 0.1) is 17.9 Å². The van der Waals surface area contributed by atoms with Crippen LogP contribution < -0.4 is 0 Å². The Bertz CT molecular complexity index is 365. The van der Waals surface area contributed by atoms with Crippen LogP contribution in [0, 0.1) is 6.92 Å². The number of methoxy groups -OCH3 is 1. The first-order chi connectivity index (χ1) is 7.17. The summed E-state index contributed by atoms with van der Waals surface area (Å²) in [6, 6.07) is 7.24. The lowest BCUT2D eigenvalue weighted by molar-refractivity contribution is 0.257. The van der Waals surface area contributed by atoms with E-state index in [4.69, 9.17) is 4.74 Å². The van der Waals surface area contributed by atoms with Crippen molar-refractivity contribution in [2.24, 2.45) is 0 Å². The summed E-state index contributed by atoms with van der Waals surface area (Å²) in [5.41, 5.74) is 1.09. The largest absolute Gasteiger partial charge is 0.498 e. The third-order valence-electron chi connectivity index (χ3n) is 1.89. The van der Waals surface area contributed by atoms with Crippen LogP contribution in [0.2, 0.25) is 0 Å². The standard InChI is InChI=1S/C11H13FO2S/c1-9-3-5-11(6-4-9)15(13)8-10(7-12)14-2/h3-6,8H,7H2,1-2H3/b10-8+. The lowest BCUT2D eigenvalue weighted by Crippen LogP contribution is -1.94. The highest BCUT2D eigenvalue weighted by Gasteiger charge is 2.03. The maximum absolute atomic E-state index is 12.3. The summed E-state index contributed by atoms with van der Waals surface area (Å²) in [6.45, 7) is 1.21. The van der Waals surface area contributed by atoms with E-state index in [1.807, 2.05) is 19.1 Å². The smallest absolute Gasteiger partial charge is 0.147 e. The molecule has 0 saturated carbocycles. The molecule has 0 saturated heterocycles. The number of alkyl halides is 1. The molecule has 0 amide bonds. The van der Waals surface area contributed by atoms with E-state index in [1.54, 1.807) is 12.1 Å². The van der Waals surface area contributed by atoms with Gasteiger partial charge in [0, 0.05) is 10.3 Å². The first kappa shape index (κ1) is 11.9. The van der Waals surface area contributed by atoms with Gasteiger partial charge in [-0.2, -0.15) is 0 Å². The van der Waals surface area contributed by atoms with Crippen LogP contribution in [0.25, 0.3) is 0 Å². The Balaban J connectivity index is 2.85. The van der Waals surface area contributed by atoms with Gasteiger partial charge in [-0.15, -0.1) is 0 Å². The maximum atomic E-state index is 12.3. The fourth-order valence-corrected chi connectivity index (χ4v) is 1.93. The normalized spacial score (nSPS) is 13.7. The molecule has 0 aliphatic carbocycles. The second-order valence-electron chi connectivity index (χ2n) is 3.03. The molecule has 1 aromatic rings. The molecule has 0 bridgehead atoms. The molecule has 0 aromatic heterocycles. The second-order valence-corrected chi connectivity index (χ2v) is 4.33. The Hall–Kier alpha value is -1.16. The molecule has 15 heavy (non-hydrogen) atoms. The van der Waals surface area contributed by atoms with Crippen LogP contribution in [-0.4, -0.2) is 18.0 Å². The number of allylic oxidation sites excluding steroid dienone is 1. The number of aryl methyl sites for hydroxylation is 1. The van der Waals surface area contributed by atoms with Gasteiger partial charge in [0.15, 0.2) is 0 Å². The van der Waals surface area contributed by atoms with Crippen molar-refractivity contribution in [2.45, 2.75) is 11.8 Å². The van der Waals surface area contributed by atoms with Gasteiger partial charge in [-0.25, -0.2) is 8.60 Å². The van der Waals surface area contributed by atoms with Crippen LogP contribution in [0.3, 0.4) is 0 Å². The molecule has 82 valence electrons. The Morgan fingerprint density at radius 1 is 1.47 bits per heavy atom. The van der Waals surface area contributed by atoms with Crippen molar-refractivity contribution in [3.63, 3.8) is 0 Å². The molecule has 0 fully saturated rings. The second kappa shape index (κ2) is 5.66. The summed E-state index contributed by atoms with van der Waals surface area (Å²) in [4.78, 5) is 0.642. The van der Waals surface area contributed by atoms with Gasteiger partial charge in [0.2, 0.25) is 0 Å². The zero-order valence-electron chi connectivity index (χ0n) is 8.70. The first-order valence-electron chi connectivity index (χ1n) is 4.45. The predicted molar refractivity (Wildman–Crippen MR) is 58.7 cm³/mol. The highest BCUT2D eigenvalue weighted by molar-refractivity contribution is 7.88. The summed E-state index contributed by atoms with van der Waals surface area (Å²) < 4.78 is 28.7. The zero-order valence-corrected chi connectivity index (χ0v) is 9.51. The van der Waals surface area contributed by atoms with E-state index in [-0.39, 0.29) is 5.76 Å². The van der Waals surface area contributed by atoms with Crippen molar-refractivity contribution in [1.29, 1.82) is 0 Å². The minimum atomic E-state index is -1.35. The average molecular weight is 228 g/mol. The van der Waals surface area contributed by atoms with Crippen molar-refractivity contribution in [1.82, 2.24) is 0 Å². The summed E-state index contributed by atoms with van der Waals surface area (Å²) >= 11 is 0. The van der Waals surface area contributed by atoms with Crippen LogP contribution in [0.1, 0.15) is 5.56 Å². The van der Waals surface area contributed by atoms with Gasteiger partial charge in [0.25, 0.3) is 0 Å². The number of benzene rings is 1. The number of ether oxygens (including phenoxy) is 1. The molecular formula is C11H13FO2S. The molecule has 1 unspecified atom stereocenters. The molecule has 0 heterocycles. The highest BCUT2D eigenvalue weighted by Crippen LogP contribution is 2.11. The van der Waals surface area contributed by atoms with E-state index in [9.17, 15) is 8.60 Å². The minimum Gasteiger partial charge on any atom is -0.498 e. The monoisotopic (exact) mass is 228 g/mol. The van der Waals surface area contributed by atoms with E-state index in [0.717, 1.165) is 5.56 Å². The summed E-state index contributed by atoms with van der Waals surface area (Å²) in [7, 11) is 0.0103. The fraction of sp³-hybridized carbons (Fsp3) is 0.273. The SMILES string of the molecule is CO/C(=C/S(=O)c1ccc(C)cc1)CF. The Morgan fingerprint density at radius 2 is 2.07 bits per heavy atom. The molecule has 0 aliphatic heterocycles. The van der Waals surface area contributed by atoms with E-state index in [1.165, 1.54) is 12.5 Å². The molecule has 1 rings (SSSR count). The lowest BCUT2D eigenvalue weighted by atomic mass is 10.2. The van der Waals surface area contributed by atoms with Crippen LogP contribution in [0.15, 0.2) is 40.3 Å².